The van der Waals surface area contributed by atoms with E-state index in [1.165, 1.54) is 0 Å². The third kappa shape index (κ3) is 4.13. The summed E-state index contributed by atoms with van der Waals surface area (Å²) in [6.07, 6.45) is 1.75. The van der Waals surface area contributed by atoms with Gasteiger partial charge in [-0.3, -0.25) is 4.79 Å². The predicted molar refractivity (Wildman–Crippen MR) is 75.8 cm³/mol. The number of nitrogens with two attached hydrogens (primary N) is 1. The van der Waals surface area contributed by atoms with E-state index in [2.05, 4.69) is 5.32 Å². The van der Waals surface area contributed by atoms with Crippen molar-refractivity contribution in [1.29, 1.82) is 0 Å². The average Bonchev–Trinajstić information content (AvgIpc) is 2.93. The molecule has 0 aliphatic heterocycles. The van der Waals surface area contributed by atoms with Gasteiger partial charge in [0.1, 0.15) is 5.75 Å². The van der Waals surface area contributed by atoms with Crippen LogP contribution in [0.25, 0.3) is 0 Å². The summed E-state index contributed by atoms with van der Waals surface area (Å²) in [7, 11) is 0. The van der Waals surface area contributed by atoms with Gasteiger partial charge < -0.3 is 20.2 Å². The second-order valence-electron chi connectivity index (χ2n) is 4.29. The summed E-state index contributed by atoms with van der Waals surface area (Å²) in [6, 6.07) is 12.5. The molecule has 5 nitrogen and oxygen atoms in total. The smallest absolute Gasteiger partial charge is 0.290 e. The molecule has 0 bridgehead atoms. The molecular formula is C15H18N2O3. The number of para-hydroxylation sites is 1. The Hall–Kier alpha value is -2.27. The number of hydrogen-bond donors (Lipinski definition) is 2. The maximum absolute atomic E-state index is 11.8. The van der Waals surface area contributed by atoms with Crippen molar-refractivity contribution in [1.82, 2.24) is 5.32 Å². The quantitative estimate of drug-likeness (QED) is 0.761. The highest BCUT2D eigenvalue weighted by atomic mass is 16.6. The van der Waals surface area contributed by atoms with Crippen molar-refractivity contribution in [3.63, 3.8) is 0 Å². The lowest BCUT2D eigenvalue weighted by Crippen LogP contribution is -2.24. The van der Waals surface area contributed by atoms with Gasteiger partial charge in [-0.05, 0) is 37.6 Å². The van der Waals surface area contributed by atoms with E-state index >= 15 is 0 Å². The van der Waals surface area contributed by atoms with Crippen molar-refractivity contribution in [2.45, 2.75) is 12.8 Å². The highest BCUT2D eigenvalue weighted by Crippen LogP contribution is 2.23. The second kappa shape index (κ2) is 7.35. The van der Waals surface area contributed by atoms with Gasteiger partial charge in [-0.15, -0.1) is 0 Å². The van der Waals surface area contributed by atoms with Gasteiger partial charge in [0.25, 0.3) is 11.9 Å². The van der Waals surface area contributed by atoms with E-state index in [0.717, 1.165) is 12.8 Å². The largest absolute Gasteiger partial charge is 0.426 e. The number of ether oxygens (including phenoxy) is 1. The Morgan fingerprint density at radius 2 is 1.95 bits per heavy atom. The van der Waals surface area contributed by atoms with Gasteiger partial charge >= 0.3 is 0 Å². The maximum atomic E-state index is 11.8. The summed E-state index contributed by atoms with van der Waals surface area (Å²) in [5.74, 6) is 0.952. The van der Waals surface area contributed by atoms with Crippen molar-refractivity contribution < 1.29 is 13.9 Å². The summed E-state index contributed by atoms with van der Waals surface area (Å²) in [6.45, 7) is 1.22. The predicted octanol–water partition coefficient (Wildman–Crippen LogP) is 2.54. The van der Waals surface area contributed by atoms with Crippen LogP contribution in [0.2, 0.25) is 0 Å². The lowest BCUT2D eigenvalue weighted by molar-refractivity contribution is 0.0920. The Morgan fingerprint density at radius 1 is 1.15 bits per heavy atom. The van der Waals surface area contributed by atoms with Crippen molar-refractivity contribution in [3.8, 4) is 11.7 Å². The summed E-state index contributed by atoms with van der Waals surface area (Å²) < 4.78 is 10.8. The van der Waals surface area contributed by atoms with Gasteiger partial charge in [0.15, 0.2) is 5.76 Å². The van der Waals surface area contributed by atoms with Gasteiger partial charge in [0, 0.05) is 12.6 Å². The fourth-order valence-corrected chi connectivity index (χ4v) is 1.66. The zero-order valence-corrected chi connectivity index (χ0v) is 11.2. The van der Waals surface area contributed by atoms with Crippen LogP contribution in [0.5, 0.6) is 11.7 Å². The number of carbonyl (C=O) groups is 1. The lowest BCUT2D eigenvalue weighted by atomic mass is 10.3. The molecule has 0 saturated heterocycles. The molecule has 0 radical (unpaired) electrons. The highest BCUT2D eigenvalue weighted by Gasteiger charge is 2.11. The Morgan fingerprint density at radius 3 is 2.70 bits per heavy atom. The van der Waals surface area contributed by atoms with Crippen LogP contribution in [-0.4, -0.2) is 19.0 Å². The third-order valence-electron chi connectivity index (χ3n) is 2.68. The Kier molecular flexibility index (Phi) is 5.20. The number of unbranched alkanes of at least 4 members (excludes halogenated alkanes) is 1. The molecule has 0 saturated carbocycles. The standard InChI is InChI=1S/C15H18N2O3/c16-10-4-5-11-17-15(18)13-8-9-14(20-13)19-12-6-2-1-3-7-12/h1-3,6-9H,4-5,10-11,16H2,(H,17,18). The molecule has 0 fully saturated rings. The molecule has 1 aromatic carbocycles. The minimum atomic E-state index is -0.245. The van der Waals surface area contributed by atoms with Crippen molar-refractivity contribution in [2.24, 2.45) is 5.73 Å². The zero-order chi connectivity index (χ0) is 14.2. The molecule has 1 heterocycles. The van der Waals surface area contributed by atoms with Gasteiger partial charge in [-0.2, -0.15) is 0 Å². The first-order chi connectivity index (χ1) is 9.79. The zero-order valence-electron chi connectivity index (χ0n) is 11.2. The number of amides is 1. The number of nitrogens with one attached hydrogen (secondary N) is 1. The molecular weight excluding hydrogens is 256 g/mol. The van der Waals surface area contributed by atoms with Crippen LogP contribution in [0.15, 0.2) is 46.9 Å². The molecule has 2 rings (SSSR count). The lowest BCUT2D eigenvalue weighted by Gasteiger charge is -2.02. The first-order valence-corrected chi connectivity index (χ1v) is 6.60. The number of hydrogen-bond acceptors (Lipinski definition) is 4. The molecule has 3 N–H and O–H groups in total. The minimum Gasteiger partial charge on any atom is -0.426 e. The van der Waals surface area contributed by atoms with Crippen molar-refractivity contribution in [3.05, 3.63) is 48.2 Å². The molecule has 0 aliphatic carbocycles. The van der Waals surface area contributed by atoms with Crippen LogP contribution in [0.3, 0.4) is 0 Å². The number of rotatable bonds is 7. The van der Waals surface area contributed by atoms with E-state index < -0.39 is 0 Å². The number of furan rings is 1. The minimum absolute atomic E-state index is 0.240. The molecule has 0 atom stereocenters. The Labute approximate surface area is 117 Å². The second-order valence-corrected chi connectivity index (χ2v) is 4.29. The van der Waals surface area contributed by atoms with Crippen LogP contribution in [0.4, 0.5) is 0 Å². The third-order valence-corrected chi connectivity index (χ3v) is 2.68. The molecule has 0 aliphatic rings. The molecule has 20 heavy (non-hydrogen) atoms. The van der Waals surface area contributed by atoms with Crippen molar-refractivity contribution in [2.75, 3.05) is 13.1 Å². The number of benzene rings is 1. The SMILES string of the molecule is NCCCCNC(=O)c1ccc(Oc2ccccc2)o1. The van der Waals surface area contributed by atoms with Crippen LogP contribution in [0.1, 0.15) is 23.4 Å². The first kappa shape index (κ1) is 14.1. The van der Waals surface area contributed by atoms with E-state index in [0.29, 0.717) is 24.8 Å². The van der Waals surface area contributed by atoms with Gasteiger partial charge in [0.2, 0.25) is 0 Å². The van der Waals surface area contributed by atoms with Crippen LogP contribution in [0, 0.1) is 0 Å². The maximum Gasteiger partial charge on any atom is 0.290 e. The van der Waals surface area contributed by atoms with Crippen LogP contribution in [-0.2, 0) is 0 Å². The summed E-state index contributed by atoms with van der Waals surface area (Å²) in [5.41, 5.74) is 5.39. The molecule has 0 spiro atoms. The molecule has 0 unspecified atom stereocenters. The van der Waals surface area contributed by atoms with Crippen LogP contribution >= 0.6 is 0 Å². The fraction of sp³-hybridized carbons (Fsp3) is 0.267. The summed E-state index contributed by atoms with van der Waals surface area (Å²) in [4.78, 5) is 11.8. The molecule has 1 amide bonds. The Balaban J connectivity index is 1.87. The summed E-state index contributed by atoms with van der Waals surface area (Å²) in [5, 5.41) is 2.77. The molecule has 2 aromatic rings. The Bertz CT molecular complexity index is 537. The summed E-state index contributed by atoms with van der Waals surface area (Å²) >= 11 is 0. The van der Waals surface area contributed by atoms with E-state index in [1.807, 2.05) is 30.3 Å². The van der Waals surface area contributed by atoms with E-state index in [4.69, 9.17) is 14.9 Å². The highest BCUT2D eigenvalue weighted by molar-refractivity contribution is 5.91. The first-order valence-electron chi connectivity index (χ1n) is 6.60. The fourth-order valence-electron chi connectivity index (χ4n) is 1.66. The van der Waals surface area contributed by atoms with E-state index in [1.54, 1.807) is 12.1 Å². The van der Waals surface area contributed by atoms with Crippen LogP contribution < -0.4 is 15.8 Å². The van der Waals surface area contributed by atoms with E-state index in [9.17, 15) is 4.79 Å². The monoisotopic (exact) mass is 274 g/mol. The van der Waals surface area contributed by atoms with Gasteiger partial charge in [0.05, 0.1) is 0 Å². The average molecular weight is 274 g/mol. The normalized spacial score (nSPS) is 10.2. The topological polar surface area (TPSA) is 77.5 Å². The van der Waals surface area contributed by atoms with Gasteiger partial charge in [-0.1, -0.05) is 18.2 Å². The molecule has 106 valence electrons. The van der Waals surface area contributed by atoms with Gasteiger partial charge in [-0.25, -0.2) is 0 Å². The van der Waals surface area contributed by atoms with E-state index in [-0.39, 0.29) is 11.7 Å². The molecule has 1 aromatic heterocycles. The van der Waals surface area contributed by atoms with Crippen molar-refractivity contribution >= 4 is 5.91 Å². The molecule has 5 heteroatoms. The number of carbonyl (C=O) groups excluding carboxylic acids is 1.